The van der Waals surface area contributed by atoms with Gasteiger partial charge in [-0.1, -0.05) is 30.3 Å². The summed E-state index contributed by atoms with van der Waals surface area (Å²) in [7, 11) is 0. The number of carbonyl (C=O) groups excluding carboxylic acids is 1. The molecule has 0 bridgehead atoms. The van der Waals surface area contributed by atoms with Crippen molar-refractivity contribution in [1.82, 2.24) is 0 Å². The summed E-state index contributed by atoms with van der Waals surface area (Å²) in [6.07, 6.45) is 0. The summed E-state index contributed by atoms with van der Waals surface area (Å²) >= 11 is 0. The minimum atomic E-state index is -0.332. The predicted molar refractivity (Wildman–Crippen MR) is 69.5 cm³/mol. The average Bonchev–Trinajstić information content (AvgIpc) is 2.40. The third kappa shape index (κ3) is 2.51. The van der Waals surface area contributed by atoms with Crippen molar-refractivity contribution in [3.8, 4) is 16.9 Å². The van der Waals surface area contributed by atoms with Gasteiger partial charge in [0, 0.05) is 0 Å². The lowest BCUT2D eigenvalue weighted by molar-refractivity contribution is 0.0527. The number of hydrogen-bond donors (Lipinski definition) is 1. The highest BCUT2D eigenvalue weighted by atomic mass is 16.5. The maximum Gasteiger partial charge on any atom is 0.338 e. The first-order valence-electron chi connectivity index (χ1n) is 5.78. The Morgan fingerprint density at radius 2 is 1.78 bits per heavy atom. The quantitative estimate of drug-likeness (QED) is 0.840. The molecule has 0 unspecified atom stereocenters. The van der Waals surface area contributed by atoms with Crippen molar-refractivity contribution in [1.29, 1.82) is 0 Å². The van der Waals surface area contributed by atoms with Crippen LogP contribution in [0.4, 0.5) is 0 Å². The Morgan fingerprint density at radius 3 is 2.44 bits per heavy atom. The Morgan fingerprint density at radius 1 is 1.11 bits per heavy atom. The highest BCUT2D eigenvalue weighted by molar-refractivity contribution is 5.97. The van der Waals surface area contributed by atoms with Crippen LogP contribution in [0.15, 0.2) is 48.5 Å². The predicted octanol–water partition coefficient (Wildman–Crippen LogP) is 3.24. The molecule has 0 aliphatic rings. The lowest BCUT2D eigenvalue weighted by Gasteiger charge is -2.08. The third-order valence-electron chi connectivity index (χ3n) is 2.60. The summed E-state index contributed by atoms with van der Waals surface area (Å²) in [5.41, 5.74) is 2.21. The van der Waals surface area contributed by atoms with Crippen LogP contribution in [-0.2, 0) is 4.74 Å². The van der Waals surface area contributed by atoms with E-state index >= 15 is 0 Å². The van der Waals surface area contributed by atoms with Crippen LogP contribution in [0.3, 0.4) is 0 Å². The van der Waals surface area contributed by atoms with E-state index in [1.807, 2.05) is 12.1 Å². The highest BCUT2D eigenvalue weighted by Gasteiger charge is 2.12. The molecule has 2 aromatic rings. The number of rotatable bonds is 3. The second-order valence-electron chi connectivity index (χ2n) is 3.81. The maximum atomic E-state index is 11.8. The molecular weight excluding hydrogens is 228 g/mol. The zero-order valence-corrected chi connectivity index (χ0v) is 10.1. The van der Waals surface area contributed by atoms with Crippen LogP contribution in [0.1, 0.15) is 17.3 Å². The molecule has 0 heterocycles. The number of ether oxygens (including phenoxy) is 1. The SMILES string of the molecule is CCOC(=O)c1ccccc1-c1ccc(O)cc1. The molecule has 0 aliphatic carbocycles. The summed E-state index contributed by atoms with van der Waals surface area (Å²) in [6.45, 7) is 2.13. The molecule has 0 spiro atoms. The minimum absolute atomic E-state index is 0.201. The first kappa shape index (κ1) is 12.2. The monoisotopic (exact) mass is 242 g/mol. The molecule has 0 aromatic heterocycles. The Labute approximate surface area is 106 Å². The molecule has 92 valence electrons. The molecule has 3 heteroatoms. The molecule has 0 amide bonds. The van der Waals surface area contributed by atoms with E-state index in [0.29, 0.717) is 12.2 Å². The maximum absolute atomic E-state index is 11.8. The number of phenolic OH excluding ortho intramolecular Hbond substituents is 1. The largest absolute Gasteiger partial charge is 0.508 e. The first-order valence-corrected chi connectivity index (χ1v) is 5.78. The van der Waals surface area contributed by atoms with Gasteiger partial charge in [0.2, 0.25) is 0 Å². The van der Waals surface area contributed by atoms with E-state index in [-0.39, 0.29) is 11.7 Å². The van der Waals surface area contributed by atoms with Crippen LogP contribution in [0.2, 0.25) is 0 Å². The van der Waals surface area contributed by atoms with Crippen LogP contribution in [0.25, 0.3) is 11.1 Å². The molecule has 0 atom stereocenters. The second-order valence-corrected chi connectivity index (χ2v) is 3.81. The molecular formula is C15H14O3. The van der Waals surface area contributed by atoms with Crippen LogP contribution in [0.5, 0.6) is 5.75 Å². The fourth-order valence-corrected chi connectivity index (χ4v) is 1.76. The van der Waals surface area contributed by atoms with Crippen molar-refractivity contribution in [3.63, 3.8) is 0 Å². The molecule has 0 aliphatic heterocycles. The number of benzene rings is 2. The van der Waals surface area contributed by atoms with Crippen LogP contribution < -0.4 is 0 Å². The number of esters is 1. The normalized spacial score (nSPS) is 10.1. The van der Waals surface area contributed by atoms with Crippen molar-refractivity contribution in [2.24, 2.45) is 0 Å². The van der Waals surface area contributed by atoms with Gasteiger partial charge in [-0.25, -0.2) is 4.79 Å². The molecule has 2 aromatic carbocycles. The summed E-state index contributed by atoms with van der Waals surface area (Å²) in [6, 6.07) is 14.0. The van der Waals surface area contributed by atoms with E-state index < -0.39 is 0 Å². The summed E-state index contributed by atoms with van der Waals surface area (Å²) < 4.78 is 5.03. The summed E-state index contributed by atoms with van der Waals surface area (Å²) in [4.78, 5) is 11.8. The van der Waals surface area contributed by atoms with E-state index in [4.69, 9.17) is 4.74 Å². The topological polar surface area (TPSA) is 46.5 Å². The second kappa shape index (κ2) is 5.36. The minimum Gasteiger partial charge on any atom is -0.508 e. The van der Waals surface area contributed by atoms with Crippen LogP contribution >= 0.6 is 0 Å². The molecule has 0 fully saturated rings. The lowest BCUT2D eigenvalue weighted by Crippen LogP contribution is -2.06. The van der Waals surface area contributed by atoms with Gasteiger partial charge in [-0.15, -0.1) is 0 Å². The molecule has 0 radical (unpaired) electrons. The summed E-state index contributed by atoms with van der Waals surface area (Å²) in [5.74, 6) is -0.131. The molecule has 1 N–H and O–H groups in total. The van der Waals surface area contributed by atoms with Crippen LogP contribution in [0, 0.1) is 0 Å². The van der Waals surface area contributed by atoms with Gasteiger partial charge >= 0.3 is 5.97 Å². The Balaban J connectivity index is 2.44. The van der Waals surface area contributed by atoms with Gasteiger partial charge in [-0.2, -0.15) is 0 Å². The molecule has 0 saturated heterocycles. The van der Waals surface area contributed by atoms with Gasteiger partial charge in [-0.3, -0.25) is 0 Å². The zero-order valence-electron chi connectivity index (χ0n) is 10.1. The first-order chi connectivity index (χ1) is 8.72. The molecule has 0 saturated carbocycles. The lowest BCUT2D eigenvalue weighted by atomic mass is 10.00. The average molecular weight is 242 g/mol. The summed E-state index contributed by atoms with van der Waals surface area (Å²) in [5, 5.41) is 9.27. The Hall–Kier alpha value is -2.29. The van der Waals surface area contributed by atoms with Crippen molar-refractivity contribution >= 4 is 5.97 Å². The van der Waals surface area contributed by atoms with Gasteiger partial charge in [0.05, 0.1) is 12.2 Å². The van der Waals surface area contributed by atoms with Crippen molar-refractivity contribution in [2.75, 3.05) is 6.61 Å². The smallest absolute Gasteiger partial charge is 0.338 e. The molecule has 18 heavy (non-hydrogen) atoms. The van der Waals surface area contributed by atoms with Crippen LogP contribution in [-0.4, -0.2) is 17.7 Å². The van der Waals surface area contributed by atoms with E-state index in [9.17, 15) is 9.90 Å². The number of carbonyl (C=O) groups is 1. The van der Waals surface area contributed by atoms with Crippen molar-refractivity contribution < 1.29 is 14.6 Å². The fourth-order valence-electron chi connectivity index (χ4n) is 1.76. The number of aromatic hydroxyl groups is 1. The Bertz CT molecular complexity index is 544. The zero-order chi connectivity index (χ0) is 13.0. The molecule has 2 rings (SSSR count). The van der Waals surface area contributed by atoms with Gasteiger partial charge < -0.3 is 9.84 Å². The number of phenols is 1. The van der Waals surface area contributed by atoms with Gasteiger partial charge in [0.15, 0.2) is 0 Å². The van der Waals surface area contributed by atoms with Gasteiger partial charge in [-0.05, 0) is 36.2 Å². The van der Waals surface area contributed by atoms with E-state index in [2.05, 4.69) is 0 Å². The van der Waals surface area contributed by atoms with Gasteiger partial charge in [0.1, 0.15) is 5.75 Å². The van der Waals surface area contributed by atoms with E-state index in [0.717, 1.165) is 11.1 Å². The van der Waals surface area contributed by atoms with Gasteiger partial charge in [0.25, 0.3) is 0 Å². The fraction of sp³-hybridized carbons (Fsp3) is 0.133. The van der Waals surface area contributed by atoms with Crippen molar-refractivity contribution in [3.05, 3.63) is 54.1 Å². The number of hydrogen-bond acceptors (Lipinski definition) is 3. The molecule has 3 nitrogen and oxygen atoms in total. The standard InChI is InChI=1S/C15H14O3/c1-2-18-15(17)14-6-4-3-5-13(14)11-7-9-12(16)10-8-11/h3-10,16H,2H2,1H3. The Kier molecular flexibility index (Phi) is 3.63. The van der Waals surface area contributed by atoms with Crippen molar-refractivity contribution in [2.45, 2.75) is 6.92 Å². The highest BCUT2D eigenvalue weighted by Crippen LogP contribution is 2.25. The third-order valence-corrected chi connectivity index (χ3v) is 2.60. The van der Waals surface area contributed by atoms with E-state index in [1.54, 1.807) is 43.3 Å². The van der Waals surface area contributed by atoms with E-state index in [1.165, 1.54) is 0 Å².